The predicted molar refractivity (Wildman–Crippen MR) is 62.5 cm³/mol. The number of esters is 1. The fraction of sp³-hybridized carbons (Fsp3) is 0.583. The molecule has 0 heterocycles. The average molecular weight is 211 g/mol. The molecule has 0 aliphatic carbocycles. The van der Waals surface area contributed by atoms with Gasteiger partial charge in [-0.1, -0.05) is 6.92 Å². The summed E-state index contributed by atoms with van der Waals surface area (Å²) in [6, 6.07) is 0. The van der Waals surface area contributed by atoms with E-state index in [1.165, 1.54) is 0 Å². The van der Waals surface area contributed by atoms with Gasteiger partial charge in [-0.25, -0.2) is 4.79 Å². The molecule has 0 rings (SSSR count). The van der Waals surface area contributed by atoms with Crippen LogP contribution in [0.2, 0.25) is 0 Å². The van der Waals surface area contributed by atoms with Crippen LogP contribution in [0.25, 0.3) is 0 Å². The van der Waals surface area contributed by atoms with Crippen molar-refractivity contribution in [3.8, 4) is 0 Å². The van der Waals surface area contributed by atoms with Gasteiger partial charge in [0.25, 0.3) is 0 Å². The number of nitrogens with zero attached hydrogens (tertiary/aromatic N) is 1. The fourth-order valence-electron chi connectivity index (χ4n) is 1.25. The Morgan fingerprint density at radius 2 is 1.93 bits per heavy atom. The summed E-state index contributed by atoms with van der Waals surface area (Å²) >= 11 is 0. The summed E-state index contributed by atoms with van der Waals surface area (Å²) in [6.07, 6.45) is 4.53. The number of ether oxygens (including phenoxy) is 1. The van der Waals surface area contributed by atoms with Gasteiger partial charge in [-0.05, 0) is 31.9 Å². The summed E-state index contributed by atoms with van der Waals surface area (Å²) in [7, 11) is 3.90. The Labute approximate surface area is 92.4 Å². The molecule has 0 radical (unpaired) electrons. The van der Waals surface area contributed by atoms with Crippen LogP contribution in [0.4, 0.5) is 0 Å². The highest BCUT2D eigenvalue weighted by Gasteiger charge is 2.07. The molecule has 0 atom stereocenters. The molecule has 3 nitrogen and oxygen atoms in total. The van der Waals surface area contributed by atoms with Crippen molar-refractivity contribution in [2.24, 2.45) is 0 Å². The lowest BCUT2D eigenvalue weighted by Crippen LogP contribution is -2.07. The van der Waals surface area contributed by atoms with E-state index in [4.69, 9.17) is 4.74 Å². The van der Waals surface area contributed by atoms with E-state index < -0.39 is 0 Å². The van der Waals surface area contributed by atoms with Crippen LogP contribution in [-0.2, 0) is 9.53 Å². The van der Waals surface area contributed by atoms with Crippen LogP contribution in [0, 0.1) is 0 Å². The number of rotatable bonds is 5. The first kappa shape index (κ1) is 13.8. The first-order chi connectivity index (χ1) is 7.01. The molecule has 0 N–H and O–H groups in total. The lowest BCUT2D eigenvalue weighted by molar-refractivity contribution is -0.138. The third-order valence-electron chi connectivity index (χ3n) is 1.78. The van der Waals surface area contributed by atoms with Gasteiger partial charge in [0.15, 0.2) is 0 Å². The van der Waals surface area contributed by atoms with Crippen LogP contribution in [0.15, 0.2) is 23.4 Å². The van der Waals surface area contributed by atoms with E-state index in [-0.39, 0.29) is 5.97 Å². The lowest BCUT2D eigenvalue weighted by atomic mass is 10.1. The second kappa shape index (κ2) is 7.10. The van der Waals surface area contributed by atoms with Gasteiger partial charge in [0.2, 0.25) is 0 Å². The normalized spacial score (nSPS) is 12.6. The molecule has 0 unspecified atom stereocenters. The lowest BCUT2D eigenvalue weighted by Gasteiger charge is -2.07. The molecule has 0 aromatic carbocycles. The van der Waals surface area contributed by atoms with E-state index in [2.05, 4.69) is 0 Å². The standard InChI is InChI=1S/C12H21NO2/c1-6-11(12(14)15-7-2)8-10(3)9-13(4)5/h8-9H,6-7H2,1-5H3. The summed E-state index contributed by atoms with van der Waals surface area (Å²) in [6.45, 7) is 6.15. The van der Waals surface area contributed by atoms with E-state index in [9.17, 15) is 4.79 Å². The Balaban J connectivity index is 4.65. The van der Waals surface area contributed by atoms with E-state index >= 15 is 0 Å². The van der Waals surface area contributed by atoms with Crippen molar-refractivity contribution in [3.05, 3.63) is 23.4 Å². The minimum Gasteiger partial charge on any atom is -0.463 e. The number of carbonyl (C=O) groups is 1. The molecule has 0 saturated heterocycles. The summed E-state index contributed by atoms with van der Waals surface area (Å²) in [5, 5.41) is 0. The minimum atomic E-state index is -0.216. The van der Waals surface area contributed by atoms with Gasteiger partial charge < -0.3 is 9.64 Å². The fourth-order valence-corrected chi connectivity index (χ4v) is 1.25. The molecule has 0 aromatic heterocycles. The van der Waals surface area contributed by atoms with Gasteiger partial charge in [0.1, 0.15) is 0 Å². The molecule has 15 heavy (non-hydrogen) atoms. The van der Waals surface area contributed by atoms with Crippen molar-refractivity contribution in [2.45, 2.75) is 27.2 Å². The molecule has 0 aliphatic heterocycles. The molecular weight excluding hydrogens is 190 g/mol. The van der Waals surface area contributed by atoms with Crippen LogP contribution in [0.3, 0.4) is 0 Å². The first-order valence-corrected chi connectivity index (χ1v) is 5.23. The monoisotopic (exact) mass is 211 g/mol. The maximum Gasteiger partial charge on any atom is 0.333 e. The maximum atomic E-state index is 11.5. The highest BCUT2D eigenvalue weighted by atomic mass is 16.5. The summed E-state index contributed by atoms with van der Waals surface area (Å²) in [4.78, 5) is 13.4. The number of hydrogen-bond donors (Lipinski definition) is 0. The molecule has 0 saturated carbocycles. The average Bonchev–Trinajstić information content (AvgIpc) is 2.13. The molecule has 3 heteroatoms. The van der Waals surface area contributed by atoms with Gasteiger partial charge in [0, 0.05) is 25.9 Å². The maximum absolute atomic E-state index is 11.5. The Morgan fingerprint density at radius 3 is 2.33 bits per heavy atom. The van der Waals surface area contributed by atoms with Gasteiger partial charge in [-0.15, -0.1) is 0 Å². The van der Waals surface area contributed by atoms with Crippen molar-refractivity contribution in [1.82, 2.24) is 4.90 Å². The van der Waals surface area contributed by atoms with Gasteiger partial charge in [-0.3, -0.25) is 0 Å². The Kier molecular flexibility index (Phi) is 6.50. The van der Waals surface area contributed by atoms with Gasteiger partial charge in [0.05, 0.1) is 6.61 Å². The van der Waals surface area contributed by atoms with Crippen molar-refractivity contribution in [1.29, 1.82) is 0 Å². The zero-order valence-electron chi connectivity index (χ0n) is 10.3. The topological polar surface area (TPSA) is 29.5 Å². The third-order valence-corrected chi connectivity index (χ3v) is 1.78. The van der Waals surface area contributed by atoms with Gasteiger partial charge >= 0.3 is 5.97 Å². The molecule has 0 amide bonds. The summed E-state index contributed by atoms with van der Waals surface area (Å²) in [5.41, 5.74) is 1.76. The second-order valence-electron chi connectivity index (χ2n) is 3.58. The third kappa shape index (κ3) is 5.94. The Bertz CT molecular complexity index is 265. The highest BCUT2D eigenvalue weighted by molar-refractivity contribution is 5.88. The van der Waals surface area contributed by atoms with Gasteiger partial charge in [-0.2, -0.15) is 0 Å². The zero-order valence-corrected chi connectivity index (χ0v) is 10.3. The van der Waals surface area contributed by atoms with Crippen molar-refractivity contribution >= 4 is 5.97 Å². The minimum absolute atomic E-state index is 0.216. The molecule has 86 valence electrons. The molecule has 0 fully saturated rings. The van der Waals surface area contributed by atoms with E-state index in [1.54, 1.807) is 0 Å². The van der Waals surface area contributed by atoms with Crippen LogP contribution in [0.5, 0.6) is 0 Å². The molecule has 0 aromatic rings. The SMILES string of the molecule is CCOC(=O)C(=CC(C)=CN(C)C)CC. The summed E-state index contributed by atoms with van der Waals surface area (Å²) in [5.74, 6) is -0.216. The Morgan fingerprint density at radius 1 is 1.33 bits per heavy atom. The van der Waals surface area contributed by atoms with E-state index in [1.807, 2.05) is 52.0 Å². The van der Waals surface area contributed by atoms with Crippen LogP contribution in [0.1, 0.15) is 27.2 Å². The predicted octanol–water partition coefficient (Wildman–Crippen LogP) is 2.35. The molecule has 0 aliphatic rings. The largest absolute Gasteiger partial charge is 0.463 e. The van der Waals surface area contributed by atoms with Crippen LogP contribution < -0.4 is 0 Å². The molecular formula is C12H21NO2. The van der Waals surface area contributed by atoms with Crippen molar-refractivity contribution < 1.29 is 9.53 Å². The van der Waals surface area contributed by atoms with E-state index in [0.717, 1.165) is 5.57 Å². The number of hydrogen-bond acceptors (Lipinski definition) is 3. The first-order valence-electron chi connectivity index (χ1n) is 5.23. The van der Waals surface area contributed by atoms with Crippen molar-refractivity contribution in [3.63, 3.8) is 0 Å². The summed E-state index contributed by atoms with van der Waals surface area (Å²) < 4.78 is 4.95. The molecule has 0 bridgehead atoms. The van der Waals surface area contributed by atoms with Crippen LogP contribution >= 0.6 is 0 Å². The van der Waals surface area contributed by atoms with Crippen molar-refractivity contribution in [2.75, 3.05) is 20.7 Å². The van der Waals surface area contributed by atoms with Crippen LogP contribution in [-0.4, -0.2) is 31.6 Å². The highest BCUT2D eigenvalue weighted by Crippen LogP contribution is 2.08. The second-order valence-corrected chi connectivity index (χ2v) is 3.58. The smallest absolute Gasteiger partial charge is 0.333 e. The molecule has 0 spiro atoms. The quantitative estimate of drug-likeness (QED) is 0.397. The number of carbonyl (C=O) groups excluding carboxylic acids is 1. The Hall–Kier alpha value is -1.25. The number of allylic oxidation sites excluding steroid dienone is 2. The van der Waals surface area contributed by atoms with E-state index in [0.29, 0.717) is 18.6 Å². The zero-order chi connectivity index (χ0) is 11.8.